The molecular weight excluding hydrogens is 475 g/mol. The summed E-state index contributed by atoms with van der Waals surface area (Å²) in [4.78, 5) is 40.6. The second-order valence-corrected chi connectivity index (χ2v) is 8.21. The molecule has 36 heavy (non-hydrogen) atoms. The summed E-state index contributed by atoms with van der Waals surface area (Å²) in [5, 5.41) is 2.51. The summed E-state index contributed by atoms with van der Waals surface area (Å²) in [6.07, 6.45) is 0.0479. The third-order valence-corrected chi connectivity index (χ3v) is 4.96. The van der Waals surface area contributed by atoms with Crippen molar-refractivity contribution in [3.8, 4) is 17.2 Å². The Morgan fingerprint density at radius 1 is 1.11 bits per heavy atom. The van der Waals surface area contributed by atoms with Crippen LogP contribution >= 0.6 is 0 Å². The number of carbonyl (C=O) groups excluding carboxylic acids is 3. The van der Waals surface area contributed by atoms with Gasteiger partial charge in [0.25, 0.3) is 5.91 Å². The lowest BCUT2D eigenvalue weighted by Crippen LogP contribution is -2.44. The first-order valence-corrected chi connectivity index (χ1v) is 11.3. The Kier molecular flexibility index (Phi) is 10.4. The van der Waals surface area contributed by atoms with Gasteiger partial charge in [-0.15, -0.1) is 0 Å². The molecule has 0 spiro atoms. The van der Waals surface area contributed by atoms with E-state index >= 15 is 0 Å². The molecule has 11 heteroatoms. The minimum absolute atomic E-state index is 0.0592. The van der Waals surface area contributed by atoms with E-state index in [0.29, 0.717) is 5.75 Å². The number of ether oxygens (including phenoxy) is 5. The molecule has 0 unspecified atom stereocenters. The largest absolute Gasteiger partial charge is 0.493 e. The van der Waals surface area contributed by atoms with Gasteiger partial charge in [-0.2, -0.15) is 0 Å². The van der Waals surface area contributed by atoms with Crippen molar-refractivity contribution in [3.63, 3.8) is 0 Å². The number of hydrogen-bond acceptors (Lipinski definition) is 9. The lowest BCUT2D eigenvalue weighted by molar-refractivity contribution is -0.156. The van der Waals surface area contributed by atoms with Crippen molar-refractivity contribution in [2.45, 2.75) is 52.9 Å². The van der Waals surface area contributed by atoms with Crippen LogP contribution in [0.2, 0.25) is 0 Å². The Labute approximate surface area is 209 Å². The van der Waals surface area contributed by atoms with Crippen LogP contribution in [0.1, 0.15) is 45.1 Å². The molecule has 10 nitrogen and oxygen atoms in total. The van der Waals surface area contributed by atoms with Crippen LogP contribution in [0.3, 0.4) is 0 Å². The zero-order valence-corrected chi connectivity index (χ0v) is 21.1. The van der Waals surface area contributed by atoms with Crippen molar-refractivity contribution in [3.05, 3.63) is 48.0 Å². The third-order valence-electron chi connectivity index (χ3n) is 4.96. The van der Waals surface area contributed by atoms with Gasteiger partial charge in [0, 0.05) is 25.3 Å². The van der Waals surface area contributed by atoms with E-state index in [-0.39, 0.29) is 23.1 Å². The molecule has 196 valence electrons. The van der Waals surface area contributed by atoms with Crippen molar-refractivity contribution >= 4 is 17.8 Å². The Morgan fingerprint density at radius 2 is 1.83 bits per heavy atom. The predicted molar refractivity (Wildman–Crippen MR) is 126 cm³/mol. The number of esters is 2. The molecule has 1 heterocycles. The van der Waals surface area contributed by atoms with Crippen molar-refractivity contribution in [1.29, 1.82) is 0 Å². The molecule has 0 bridgehead atoms. The highest BCUT2D eigenvalue weighted by Crippen LogP contribution is 2.29. The van der Waals surface area contributed by atoms with Gasteiger partial charge in [-0.25, -0.2) is 14.2 Å². The quantitative estimate of drug-likeness (QED) is 0.341. The first kappa shape index (κ1) is 28.3. The molecule has 3 atom stereocenters. The number of hydrogen-bond donors (Lipinski definition) is 1. The van der Waals surface area contributed by atoms with Gasteiger partial charge in [-0.05, 0) is 31.9 Å². The number of halogens is 1. The topological polar surface area (TPSA) is 122 Å². The molecule has 1 N–H and O–H groups in total. The van der Waals surface area contributed by atoms with E-state index in [2.05, 4.69) is 10.3 Å². The average molecular weight is 507 g/mol. The summed E-state index contributed by atoms with van der Waals surface area (Å²) in [5.41, 5.74) is -0.177. The lowest BCUT2D eigenvalue weighted by atomic mass is 10.0. The molecule has 0 radical (unpaired) electrons. The van der Waals surface area contributed by atoms with E-state index in [1.165, 1.54) is 51.4 Å². The Morgan fingerprint density at radius 3 is 2.44 bits per heavy atom. The summed E-state index contributed by atoms with van der Waals surface area (Å²) < 4.78 is 40.2. The molecule has 0 aliphatic heterocycles. The zero-order chi connectivity index (χ0) is 26.8. The number of pyridine rings is 1. The first-order valence-electron chi connectivity index (χ1n) is 11.3. The number of aromatic nitrogens is 1. The zero-order valence-electron chi connectivity index (χ0n) is 21.1. The van der Waals surface area contributed by atoms with Crippen LogP contribution in [0.25, 0.3) is 0 Å². The van der Waals surface area contributed by atoms with E-state index in [9.17, 15) is 18.8 Å². The molecule has 0 fully saturated rings. The minimum atomic E-state index is -1.06. The molecule has 1 amide bonds. The van der Waals surface area contributed by atoms with Gasteiger partial charge in [0.15, 0.2) is 17.2 Å². The van der Waals surface area contributed by atoms with Gasteiger partial charge in [-0.1, -0.05) is 19.9 Å². The molecule has 2 aromatic rings. The van der Waals surface area contributed by atoms with Crippen LogP contribution in [-0.2, 0) is 19.1 Å². The molecule has 0 saturated heterocycles. The maximum Gasteiger partial charge on any atom is 0.328 e. The Hall–Kier alpha value is -3.89. The Bertz CT molecular complexity index is 1060. The van der Waals surface area contributed by atoms with Crippen molar-refractivity contribution in [1.82, 2.24) is 10.3 Å². The average Bonchev–Trinajstić information content (AvgIpc) is 2.81. The van der Waals surface area contributed by atoms with Crippen molar-refractivity contribution < 1.29 is 42.5 Å². The Balaban J connectivity index is 2.07. The standard InChI is InChI=1S/C25H31FN2O8/c1-14(2)22(36-19-9-7-8-18(26)12-19)16(4)35-25(31)15(3)28-24(30)21-23(34-13-33-17(5)29)20(32-6)10-11-27-21/h7-12,14-16,22H,13H2,1-6H3,(H,28,30)/t15-,16-,22+/m0/s1. The molecule has 1 aromatic heterocycles. The third kappa shape index (κ3) is 8.10. The maximum atomic E-state index is 13.5. The highest BCUT2D eigenvalue weighted by atomic mass is 19.1. The van der Waals surface area contributed by atoms with Crippen molar-refractivity contribution in [2.24, 2.45) is 5.92 Å². The number of methoxy groups -OCH3 is 1. The number of nitrogens with zero attached hydrogens (tertiary/aromatic N) is 1. The van der Waals surface area contributed by atoms with Gasteiger partial charge in [0.1, 0.15) is 29.8 Å². The van der Waals surface area contributed by atoms with E-state index in [1.54, 1.807) is 13.0 Å². The number of carbonyl (C=O) groups is 3. The smallest absolute Gasteiger partial charge is 0.328 e. The molecule has 0 aliphatic rings. The molecule has 2 rings (SSSR count). The molecule has 0 aliphatic carbocycles. The van der Waals surface area contributed by atoms with Gasteiger partial charge >= 0.3 is 11.9 Å². The summed E-state index contributed by atoms with van der Waals surface area (Å²) in [6.45, 7) is 7.61. The normalized spacial score (nSPS) is 13.2. The van der Waals surface area contributed by atoms with E-state index < -0.39 is 48.7 Å². The second kappa shape index (κ2) is 13.3. The summed E-state index contributed by atoms with van der Waals surface area (Å²) in [7, 11) is 1.37. The fourth-order valence-corrected chi connectivity index (χ4v) is 3.21. The van der Waals surface area contributed by atoms with Crippen LogP contribution in [0.5, 0.6) is 17.2 Å². The first-order chi connectivity index (χ1) is 17.0. The van der Waals surface area contributed by atoms with Crippen LogP contribution in [0.15, 0.2) is 36.5 Å². The van der Waals surface area contributed by atoms with Crippen LogP contribution in [0.4, 0.5) is 4.39 Å². The highest BCUT2D eigenvalue weighted by Gasteiger charge is 2.30. The monoisotopic (exact) mass is 506 g/mol. The molecule has 1 aromatic carbocycles. The lowest BCUT2D eigenvalue weighted by Gasteiger charge is -2.29. The fraction of sp³-hybridized carbons (Fsp3) is 0.440. The van der Waals surface area contributed by atoms with E-state index in [0.717, 1.165) is 0 Å². The number of benzene rings is 1. The van der Waals surface area contributed by atoms with E-state index in [1.807, 2.05) is 13.8 Å². The highest BCUT2D eigenvalue weighted by molar-refractivity contribution is 5.98. The SMILES string of the molecule is COc1ccnc(C(=O)N[C@@H](C)C(=O)O[C@@H](C)[C@H](Oc2cccc(F)c2)C(C)C)c1OCOC(C)=O. The number of amides is 1. The van der Waals surface area contributed by atoms with Gasteiger partial charge < -0.3 is 29.0 Å². The number of rotatable bonds is 12. The van der Waals surface area contributed by atoms with Gasteiger partial charge in [-0.3, -0.25) is 9.59 Å². The second-order valence-electron chi connectivity index (χ2n) is 8.21. The summed E-state index contributed by atoms with van der Waals surface area (Å²) in [5.74, 6) is -2.11. The number of nitrogens with one attached hydrogen (secondary N) is 1. The summed E-state index contributed by atoms with van der Waals surface area (Å²) >= 11 is 0. The van der Waals surface area contributed by atoms with Crippen molar-refractivity contribution in [2.75, 3.05) is 13.9 Å². The van der Waals surface area contributed by atoms with Gasteiger partial charge in [0.05, 0.1) is 7.11 Å². The summed E-state index contributed by atoms with van der Waals surface area (Å²) in [6, 6.07) is 6.08. The van der Waals surface area contributed by atoms with Crippen LogP contribution in [0, 0.1) is 11.7 Å². The van der Waals surface area contributed by atoms with Crippen LogP contribution < -0.4 is 19.5 Å². The minimum Gasteiger partial charge on any atom is -0.493 e. The fourth-order valence-electron chi connectivity index (χ4n) is 3.21. The van der Waals surface area contributed by atoms with Gasteiger partial charge in [0.2, 0.25) is 6.79 Å². The maximum absolute atomic E-state index is 13.5. The van der Waals surface area contributed by atoms with E-state index in [4.69, 9.17) is 23.7 Å². The molecule has 0 saturated carbocycles. The van der Waals surface area contributed by atoms with Crippen LogP contribution in [-0.4, -0.2) is 55.0 Å². The molecular formula is C25H31FN2O8. The predicted octanol–water partition coefficient (Wildman–Crippen LogP) is 3.28.